The Bertz CT molecular complexity index is 403. The van der Waals surface area contributed by atoms with Crippen LogP contribution in [-0.4, -0.2) is 24.2 Å². The first-order valence-corrected chi connectivity index (χ1v) is 6.16. The molecule has 0 aromatic heterocycles. The van der Waals surface area contributed by atoms with E-state index in [4.69, 9.17) is 5.11 Å². The first kappa shape index (κ1) is 12.1. The fraction of sp³-hybridized carbons (Fsp3) is 0.500. The Morgan fingerprint density at radius 2 is 2.24 bits per heavy atom. The quantitative estimate of drug-likeness (QED) is 0.737. The molecule has 0 amide bonds. The van der Waals surface area contributed by atoms with Crippen molar-refractivity contribution in [1.29, 1.82) is 0 Å². The van der Waals surface area contributed by atoms with Crippen molar-refractivity contribution in [2.24, 2.45) is 11.8 Å². The third-order valence-corrected chi connectivity index (χ3v) is 3.48. The van der Waals surface area contributed by atoms with Crippen molar-refractivity contribution in [2.45, 2.75) is 19.8 Å². The van der Waals surface area contributed by atoms with E-state index in [1.807, 2.05) is 6.07 Å². The number of aryl methyl sites for hydroxylation is 1. The van der Waals surface area contributed by atoms with Gasteiger partial charge in [0, 0.05) is 0 Å². The lowest BCUT2D eigenvalue weighted by atomic mass is 10.1. The Balaban J connectivity index is 1.64. The minimum Gasteiger partial charge on any atom is -0.481 e. The van der Waals surface area contributed by atoms with Gasteiger partial charge in [0.25, 0.3) is 0 Å². The Morgan fingerprint density at radius 3 is 2.88 bits per heavy atom. The van der Waals surface area contributed by atoms with E-state index in [1.54, 1.807) is 0 Å². The number of carboxylic acids is 1. The van der Waals surface area contributed by atoms with Crippen molar-refractivity contribution in [3.05, 3.63) is 35.4 Å². The number of nitrogens with one attached hydrogen (secondary N) is 1. The molecule has 0 aliphatic heterocycles. The van der Waals surface area contributed by atoms with Crippen LogP contribution < -0.4 is 5.32 Å². The summed E-state index contributed by atoms with van der Waals surface area (Å²) in [7, 11) is 0. The molecule has 1 aromatic rings. The summed E-state index contributed by atoms with van der Waals surface area (Å²) < 4.78 is 0. The van der Waals surface area contributed by atoms with Gasteiger partial charge in [0.1, 0.15) is 0 Å². The predicted octanol–water partition coefficient (Wildman–Crippen LogP) is 1.85. The number of hydrogen-bond acceptors (Lipinski definition) is 2. The van der Waals surface area contributed by atoms with Gasteiger partial charge in [-0.15, -0.1) is 0 Å². The number of hydrogen-bond donors (Lipinski definition) is 2. The molecule has 3 nitrogen and oxygen atoms in total. The fourth-order valence-corrected chi connectivity index (χ4v) is 2.18. The van der Waals surface area contributed by atoms with Crippen LogP contribution in [0.25, 0.3) is 0 Å². The second-order valence-electron chi connectivity index (χ2n) is 4.82. The molecule has 1 saturated carbocycles. The monoisotopic (exact) mass is 233 g/mol. The lowest BCUT2D eigenvalue weighted by molar-refractivity contribution is -0.138. The Labute approximate surface area is 102 Å². The third-order valence-electron chi connectivity index (χ3n) is 3.48. The van der Waals surface area contributed by atoms with Gasteiger partial charge < -0.3 is 10.4 Å². The van der Waals surface area contributed by atoms with E-state index < -0.39 is 5.97 Å². The van der Waals surface area contributed by atoms with E-state index >= 15 is 0 Å². The van der Waals surface area contributed by atoms with Crippen LogP contribution in [-0.2, 0) is 11.2 Å². The zero-order valence-corrected chi connectivity index (χ0v) is 10.1. The minimum absolute atomic E-state index is 0.0963. The summed E-state index contributed by atoms with van der Waals surface area (Å²) >= 11 is 0. The summed E-state index contributed by atoms with van der Waals surface area (Å²) in [5.41, 5.74) is 2.69. The maximum Gasteiger partial charge on any atom is 0.306 e. The van der Waals surface area contributed by atoms with Gasteiger partial charge in [0.2, 0.25) is 0 Å². The van der Waals surface area contributed by atoms with Gasteiger partial charge >= 0.3 is 5.97 Å². The summed E-state index contributed by atoms with van der Waals surface area (Å²) in [6.45, 7) is 3.88. The Kier molecular flexibility index (Phi) is 3.79. The summed E-state index contributed by atoms with van der Waals surface area (Å²) in [5, 5.41) is 12.1. The van der Waals surface area contributed by atoms with E-state index in [2.05, 4.69) is 30.4 Å². The highest BCUT2D eigenvalue weighted by Crippen LogP contribution is 2.37. The normalized spacial score (nSPS) is 22.4. The van der Waals surface area contributed by atoms with Crippen molar-refractivity contribution in [1.82, 2.24) is 5.32 Å². The standard InChI is InChI=1S/C14H19NO2/c1-10-4-2-3-5-11(10)6-7-15-9-12-8-13(12)14(16)17/h2-5,12-13,15H,6-9H2,1H3,(H,16,17). The number of rotatable bonds is 6. The van der Waals surface area contributed by atoms with Crippen LogP contribution in [0.1, 0.15) is 17.5 Å². The van der Waals surface area contributed by atoms with Crippen LogP contribution in [0.5, 0.6) is 0 Å². The SMILES string of the molecule is Cc1ccccc1CCNCC1CC1C(=O)O. The minimum atomic E-state index is -0.643. The number of carbonyl (C=O) groups is 1. The molecule has 17 heavy (non-hydrogen) atoms. The van der Waals surface area contributed by atoms with Crippen LogP contribution in [0.15, 0.2) is 24.3 Å². The molecule has 1 fully saturated rings. The lowest BCUT2D eigenvalue weighted by Gasteiger charge is -2.06. The summed E-state index contributed by atoms with van der Waals surface area (Å²) in [5.74, 6) is -0.388. The predicted molar refractivity (Wildman–Crippen MR) is 67.0 cm³/mol. The van der Waals surface area contributed by atoms with Gasteiger partial charge in [0.05, 0.1) is 5.92 Å². The molecule has 0 spiro atoms. The van der Waals surface area contributed by atoms with E-state index in [0.29, 0.717) is 5.92 Å². The molecule has 3 heteroatoms. The molecular formula is C14H19NO2. The molecule has 1 aliphatic rings. The zero-order valence-electron chi connectivity index (χ0n) is 10.1. The first-order valence-electron chi connectivity index (χ1n) is 6.16. The van der Waals surface area contributed by atoms with Crippen molar-refractivity contribution < 1.29 is 9.90 Å². The van der Waals surface area contributed by atoms with Crippen molar-refractivity contribution >= 4 is 5.97 Å². The van der Waals surface area contributed by atoms with E-state index in [1.165, 1.54) is 11.1 Å². The van der Waals surface area contributed by atoms with Gasteiger partial charge in [-0.25, -0.2) is 0 Å². The maximum absolute atomic E-state index is 10.6. The van der Waals surface area contributed by atoms with Gasteiger partial charge in [-0.05, 0) is 49.9 Å². The summed E-state index contributed by atoms with van der Waals surface area (Å²) in [4.78, 5) is 10.6. The second kappa shape index (κ2) is 5.32. The van der Waals surface area contributed by atoms with Crippen molar-refractivity contribution in [2.75, 3.05) is 13.1 Å². The molecule has 1 aliphatic carbocycles. The van der Waals surface area contributed by atoms with Gasteiger partial charge in [0.15, 0.2) is 0 Å². The van der Waals surface area contributed by atoms with Gasteiger partial charge in [-0.2, -0.15) is 0 Å². The smallest absolute Gasteiger partial charge is 0.306 e. The molecule has 92 valence electrons. The highest BCUT2D eigenvalue weighted by molar-refractivity contribution is 5.73. The number of aliphatic carboxylic acids is 1. The topological polar surface area (TPSA) is 49.3 Å². The van der Waals surface area contributed by atoms with Crippen LogP contribution >= 0.6 is 0 Å². The van der Waals surface area contributed by atoms with Crippen LogP contribution in [0, 0.1) is 18.8 Å². The lowest BCUT2D eigenvalue weighted by Crippen LogP contribution is -2.21. The molecule has 0 radical (unpaired) electrons. The molecule has 0 bridgehead atoms. The molecule has 1 aromatic carbocycles. The second-order valence-corrected chi connectivity index (χ2v) is 4.82. The average Bonchev–Trinajstić information content (AvgIpc) is 3.06. The molecule has 0 saturated heterocycles. The van der Waals surface area contributed by atoms with Crippen LogP contribution in [0.2, 0.25) is 0 Å². The largest absolute Gasteiger partial charge is 0.481 e. The summed E-state index contributed by atoms with van der Waals surface area (Å²) in [6, 6.07) is 8.38. The van der Waals surface area contributed by atoms with Crippen molar-refractivity contribution in [3.63, 3.8) is 0 Å². The number of benzene rings is 1. The van der Waals surface area contributed by atoms with Gasteiger partial charge in [-0.1, -0.05) is 24.3 Å². The van der Waals surface area contributed by atoms with E-state index in [-0.39, 0.29) is 5.92 Å². The maximum atomic E-state index is 10.6. The molecule has 2 N–H and O–H groups in total. The third kappa shape index (κ3) is 3.30. The zero-order chi connectivity index (χ0) is 12.3. The van der Waals surface area contributed by atoms with Crippen LogP contribution in [0.3, 0.4) is 0 Å². The van der Waals surface area contributed by atoms with E-state index in [0.717, 1.165) is 25.9 Å². The Morgan fingerprint density at radius 1 is 1.47 bits per heavy atom. The fourth-order valence-electron chi connectivity index (χ4n) is 2.18. The Hall–Kier alpha value is -1.35. The van der Waals surface area contributed by atoms with Crippen LogP contribution in [0.4, 0.5) is 0 Å². The average molecular weight is 233 g/mol. The molecule has 0 heterocycles. The summed E-state index contributed by atoms with van der Waals surface area (Å²) in [6.07, 6.45) is 1.85. The van der Waals surface area contributed by atoms with Crippen molar-refractivity contribution in [3.8, 4) is 0 Å². The molecule has 2 unspecified atom stereocenters. The van der Waals surface area contributed by atoms with E-state index in [9.17, 15) is 4.79 Å². The number of carboxylic acid groups (broad SMARTS) is 1. The highest BCUT2D eigenvalue weighted by Gasteiger charge is 2.42. The molecule has 2 atom stereocenters. The molecule has 2 rings (SSSR count). The van der Waals surface area contributed by atoms with Gasteiger partial charge in [-0.3, -0.25) is 4.79 Å². The highest BCUT2D eigenvalue weighted by atomic mass is 16.4. The molecular weight excluding hydrogens is 214 g/mol. The first-order chi connectivity index (χ1) is 8.18.